The summed E-state index contributed by atoms with van der Waals surface area (Å²) in [6, 6.07) is 3.53. The summed E-state index contributed by atoms with van der Waals surface area (Å²) >= 11 is 0. The average Bonchev–Trinajstić information content (AvgIpc) is 3.04. The Morgan fingerprint density at radius 2 is 1.70 bits per heavy atom. The molecule has 0 saturated carbocycles. The van der Waals surface area contributed by atoms with Crippen molar-refractivity contribution >= 4 is 11.6 Å². The SMILES string of the molecule is CCc1nc(-c2cc3c(cc2F)C(=O)CC3)c(CC)nc1NC(CC)CC. The highest BCUT2D eigenvalue weighted by atomic mass is 19.1. The Bertz CT molecular complexity index is 859. The molecule has 0 fully saturated rings. The Labute approximate surface area is 160 Å². The molecule has 0 atom stereocenters. The van der Waals surface area contributed by atoms with E-state index < -0.39 is 5.82 Å². The van der Waals surface area contributed by atoms with Crippen LogP contribution in [0, 0.1) is 5.82 Å². The summed E-state index contributed by atoms with van der Waals surface area (Å²) in [4.78, 5) is 21.5. The molecule has 0 saturated heterocycles. The van der Waals surface area contributed by atoms with Crippen LogP contribution in [0.25, 0.3) is 11.3 Å². The van der Waals surface area contributed by atoms with Crippen molar-refractivity contribution in [3.63, 3.8) is 0 Å². The smallest absolute Gasteiger partial charge is 0.163 e. The molecule has 5 heteroatoms. The molecule has 0 spiro atoms. The fourth-order valence-corrected chi connectivity index (χ4v) is 3.66. The molecule has 4 nitrogen and oxygen atoms in total. The lowest BCUT2D eigenvalue weighted by Crippen LogP contribution is -2.20. The Hall–Kier alpha value is -2.30. The Morgan fingerprint density at radius 1 is 1.00 bits per heavy atom. The van der Waals surface area contributed by atoms with Gasteiger partial charge in [0.15, 0.2) is 5.78 Å². The second-order valence-corrected chi connectivity index (χ2v) is 7.09. The summed E-state index contributed by atoms with van der Waals surface area (Å²) in [5.41, 5.74) is 4.12. The topological polar surface area (TPSA) is 54.9 Å². The minimum atomic E-state index is -0.393. The molecule has 0 radical (unpaired) electrons. The maximum absolute atomic E-state index is 14.8. The van der Waals surface area contributed by atoms with Gasteiger partial charge in [0.05, 0.1) is 17.1 Å². The van der Waals surface area contributed by atoms with Crippen molar-refractivity contribution in [2.75, 3.05) is 5.32 Å². The van der Waals surface area contributed by atoms with Crippen molar-refractivity contribution < 1.29 is 9.18 Å². The van der Waals surface area contributed by atoms with Crippen LogP contribution in [0.15, 0.2) is 12.1 Å². The minimum Gasteiger partial charge on any atom is -0.366 e. The van der Waals surface area contributed by atoms with Gasteiger partial charge in [-0.3, -0.25) is 4.79 Å². The third-order valence-electron chi connectivity index (χ3n) is 5.41. The van der Waals surface area contributed by atoms with E-state index in [4.69, 9.17) is 9.97 Å². The van der Waals surface area contributed by atoms with Gasteiger partial charge in [-0.25, -0.2) is 14.4 Å². The quantitative estimate of drug-likeness (QED) is 0.734. The van der Waals surface area contributed by atoms with E-state index in [1.54, 1.807) is 6.07 Å². The van der Waals surface area contributed by atoms with Crippen molar-refractivity contribution in [2.45, 2.75) is 72.3 Å². The van der Waals surface area contributed by atoms with Crippen LogP contribution in [-0.4, -0.2) is 21.8 Å². The van der Waals surface area contributed by atoms with Gasteiger partial charge in [0.25, 0.3) is 0 Å². The van der Waals surface area contributed by atoms with E-state index in [0.29, 0.717) is 42.1 Å². The van der Waals surface area contributed by atoms with Crippen molar-refractivity contribution in [1.82, 2.24) is 9.97 Å². The molecule has 0 aliphatic heterocycles. The standard InChI is InChI=1S/C22H28FN3O/c1-5-14(6-2)24-22-19(8-4)25-21(18(7-3)26-22)16-11-13-9-10-20(27)15(13)12-17(16)23/h11-12,14H,5-10H2,1-4H3,(H,24,26). The summed E-state index contributed by atoms with van der Waals surface area (Å²) in [6.45, 7) is 8.34. The second kappa shape index (κ2) is 8.15. The Morgan fingerprint density at radius 3 is 2.33 bits per heavy atom. The molecular formula is C22H28FN3O. The molecule has 1 aliphatic rings. The number of hydrogen-bond donors (Lipinski definition) is 1. The molecule has 2 aromatic rings. The molecule has 1 aromatic carbocycles. The number of fused-ring (bicyclic) bond motifs is 1. The number of Topliss-reactive ketones (excluding diaryl/α,β-unsaturated/α-hetero) is 1. The highest BCUT2D eigenvalue weighted by Gasteiger charge is 2.24. The van der Waals surface area contributed by atoms with Gasteiger partial charge in [-0.05, 0) is 49.8 Å². The van der Waals surface area contributed by atoms with Crippen molar-refractivity contribution in [3.8, 4) is 11.3 Å². The largest absolute Gasteiger partial charge is 0.366 e. The first kappa shape index (κ1) is 19.5. The lowest BCUT2D eigenvalue weighted by Gasteiger charge is -2.20. The van der Waals surface area contributed by atoms with E-state index in [2.05, 4.69) is 19.2 Å². The van der Waals surface area contributed by atoms with Crippen LogP contribution in [0.2, 0.25) is 0 Å². The summed E-state index contributed by atoms with van der Waals surface area (Å²) < 4.78 is 14.8. The van der Waals surface area contributed by atoms with E-state index in [1.807, 2.05) is 13.8 Å². The van der Waals surface area contributed by atoms with Crippen LogP contribution in [0.4, 0.5) is 10.2 Å². The number of nitrogens with one attached hydrogen (secondary N) is 1. The Balaban J connectivity index is 2.10. The van der Waals surface area contributed by atoms with Crippen LogP contribution in [0.1, 0.15) is 74.3 Å². The predicted octanol–water partition coefficient (Wildman–Crippen LogP) is 5.14. The fourth-order valence-electron chi connectivity index (χ4n) is 3.66. The maximum Gasteiger partial charge on any atom is 0.163 e. The van der Waals surface area contributed by atoms with Gasteiger partial charge in [-0.2, -0.15) is 0 Å². The van der Waals surface area contributed by atoms with Gasteiger partial charge in [-0.15, -0.1) is 0 Å². The minimum absolute atomic E-state index is 0.0243. The van der Waals surface area contributed by atoms with E-state index in [-0.39, 0.29) is 5.78 Å². The van der Waals surface area contributed by atoms with Gasteiger partial charge < -0.3 is 5.32 Å². The molecule has 27 heavy (non-hydrogen) atoms. The zero-order valence-corrected chi connectivity index (χ0v) is 16.7. The number of carbonyl (C=O) groups is 1. The third kappa shape index (κ3) is 3.73. The number of aromatic nitrogens is 2. The summed E-state index contributed by atoms with van der Waals surface area (Å²) in [7, 11) is 0. The monoisotopic (exact) mass is 369 g/mol. The summed E-state index contributed by atoms with van der Waals surface area (Å²) in [5, 5.41) is 3.50. The molecule has 1 N–H and O–H groups in total. The molecular weight excluding hydrogens is 341 g/mol. The molecule has 0 amide bonds. The van der Waals surface area contributed by atoms with Crippen molar-refractivity contribution in [3.05, 3.63) is 40.5 Å². The van der Waals surface area contributed by atoms with Crippen molar-refractivity contribution in [1.29, 1.82) is 0 Å². The van der Waals surface area contributed by atoms with Gasteiger partial charge in [0.1, 0.15) is 11.6 Å². The maximum atomic E-state index is 14.8. The number of anilines is 1. The average molecular weight is 369 g/mol. The second-order valence-electron chi connectivity index (χ2n) is 7.09. The summed E-state index contributed by atoms with van der Waals surface area (Å²) in [5.74, 6) is 0.440. The zero-order chi connectivity index (χ0) is 19.6. The number of ketones is 1. The molecule has 3 rings (SSSR count). The molecule has 0 bridgehead atoms. The number of carbonyl (C=O) groups excluding carboxylic acids is 1. The molecule has 1 aliphatic carbocycles. The van der Waals surface area contributed by atoms with Crippen LogP contribution < -0.4 is 5.32 Å². The number of aryl methyl sites for hydroxylation is 3. The molecule has 1 aromatic heterocycles. The first-order chi connectivity index (χ1) is 13.0. The number of hydrogen-bond acceptors (Lipinski definition) is 4. The van der Waals surface area contributed by atoms with E-state index in [9.17, 15) is 9.18 Å². The lowest BCUT2D eigenvalue weighted by atomic mass is 10.0. The predicted molar refractivity (Wildman–Crippen MR) is 107 cm³/mol. The van der Waals surface area contributed by atoms with Crippen LogP contribution >= 0.6 is 0 Å². The van der Waals surface area contributed by atoms with E-state index in [1.165, 1.54) is 6.07 Å². The van der Waals surface area contributed by atoms with Gasteiger partial charge >= 0.3 is 0 Å². The van der Waals surface area contributed by atoms with E-state index in [0.717, 1.165) is 42.0 Å². The number of benzene rings is 1. The molecule has 1 heterocycles. The van der Waals surface area contributed by atoms with Gasteiger partial charge in [0, 0.05) is 23.6 Å². The first-order valence-corrected chi connectivity index (χ1v) is 10.0. The molecule has 144 valence electrons. The van der Waals surface area contributed by atoms with Crippen LogP contribution in [0.3, 0.4) is 0 Å². The first-order valence-electron chi connectivity index (χ1n) is 10.0. The van der Waals surface area contributed by atoms with Gasteiger partial charge in [0.2, 0.25) is 0 Å². The summed E-state index contributed by atoms with van der Waals surface area (Å²) in [6.07, 6.45) is 4.54. The highest BCUT2D eigenvalue weighted by molar-refractivity contribution is 6.01. The third-order valence-corrected chi connectivity index (χ3v) is 5.41. The van der Waals surface area contributed by atoms with E-state index >= 15 is 0 Å². The number of rotatable bonds is 7. The van der Waals surface area contributed by atoms with Crippen molar-refractivity contribution in [2.24, 2.45) is 0 Å². The number of nitrogens with zero attached hydrogens (tertiary/aromatic N) is 2. The van der Waals surface area contributed by atoms with Crippen LogP contribution in [-0.2, 0) is 19.3 Å². The van der Waals surface area contributed by atoms with Crippen LogP contribution in [0.5, 0.6) is 0 Å². The number of halogens is 1. The lowest BCUT2D eigenvalue weighted by molar-refractivity contribution is 0.0994. The Kier molecular flexibility index (Phi) is 5.88. The molecule has 0 unspecified atom stereocenters. The van der Waals surface area contributed by atoms with Gasteiger partial charge in [-0.1, -0.05) is 27.7 Å². The fraction of sp³-hybridized carbons (Fsp3) is 0.500. The normalized spacial score (nSPS) is 13.3. The highest BCUT2D eigenvalue weighted by Crippen LogP contribution is 2.32. The zero-order valence-electron chi connectivity index (χ0n) is 16.7.